The highest BCUT2D eigenvalue weighted by Gasteiger charge is 2.25. The van der Waals surface area contributed by atoms with E-state index in [0.29, 0.717) is 5.02 Å². The topological polar surface area (TPSA) is 32.7 Å². The SMILES string of the molecule is CC1CCN(CCC(C)(O)c2ccc(Oc3ccc(Cl)cc3)cc2)CC1. The number of ether oxygens (including phenoxy) is 1. The van der Waals surface area contributed by atoms with Crippen LogP contribution >= 0.6 is 11.6 Å². The number of aliphatic hydroxyl groups is 1. The number of hydrogen-bond acceptors (Lipinski definition) is 3. The second-order valence-electron chi connectivity index (χ2n) is 7.63. The van der Waals surface area contributed by atoms with Crippen molar-refractivity contribution in [1.29, 1.82) is 0 Å². The van der Waals surface area contributed by atoms with Gasteiger partial charge >= 0.3 is 0 Å². The summed E-state index contributed by atoms with van der Waals surface area (Å²) in [4.78, 5) is 2.46. The van der Waals surface area contributed by atoms with Gasteiger partial charge in [0.05, 0.1) is 5.60 Å². The molecule has 26 heavy (non-hydrogen) atoms. The molecule has 0 spiro atoms. The minimum Gasteiger partial charge on any atom is -0.457 e. The van der Waals surface area contributed by atoms with Gasteiger partial charge in [0.15, 0.2) is 0 Å². The Kier molecular flexibility index (Phi) is 6.23. The lowest BCUT2D eigenvalue weighted by atomic mass is 9.91. The number of rotatable bonds is 6. The molecule has 1 fully saturated rings. The summed E-state index contributed by atoms with van der Waals surface area (Å²) in [5, 5.41) is 11.6. The van der Waals surface area contributed by atoms with E-state index in [1.54, 1.807) is 12.1 Å². The van der Waals surface area contributed by atoms with E-state index in [-0.39, 0.29) is 0 Å². The van der Waals surface area contributed by atoms with E-state index in [0.717, 1.165) is 49.0 Å². The van der Waals surface area contributed by atoms with Crippen LogP contribution in [0.25, 0.3) is 0 Å². The van der Waals surface area contributed by atoms with Crippen LogP contribution in [-0.4, -0.2) is 29.6 Å². The monoisotopic (exact) mass is 373 g/mol. The normalized spacial score (nSPS) is 18.5. The predicted molar refractivity (Wildman–Crippen MR) is 107 cm³/mol. The van der Waals surface area contributed by atoms with Crippen molar-refractivity contribution in [3.63, 3.8) is 0 Å². The molecule has 1 aliphatic rings. The Morgan fingerprint density at radius 1 is 1.04 bits per heavy atom. The molecule has 140 valence electrons. The summed E-state index contributed by atoms with van der Waals surface area (Å²) < 4.78 is 5.82. The zero-order valence-electron chi connectivity index (χ0n) is 15.6. The van der Waals surface area contributed by atoms with Gasteiger partial charge in [-0.25, -0.2) is 0 Å². The number of hydrogen-bond donors (Lipinski definition) is 1. The van der Waals surface area contributed by atoms with Crippen LogP contribution in [0.15, 0.2) is 48.5 Å². The lowest BCUT2D eigenvalue weighted by molar-refractivity contribution is 0.0319. The smallest absolute Gasteiger partial charge is 0.127 e. The van der Waals surface area contributed by atoms with Gasteiger partial charge < -0.3 is 14.7 Å². The molecule has 0 aromatic heterocycles. The number of piperidine rings is 1. The first-order valence-corrected chi connectivity index (χ1v) is 9.79. The van der Waals surface area contributed by atoms with E-state index in [9.17, 15) is 5.11 Å². The number of likely N-dealkylation sites (tertiary alicyclic amines) is 1. The van der Waals surface area contributed by atoms with Crippen molar-refractivity contribution in [2.24, 2.45) is 5.92 Å². The molecule has 3 rings (SSSR count). The Labute approximate surface area is 161 Å². The van der Waals surface area contributed by atoms with Crippen molar-refractivity contribution in [3.8, 4) is 11.5 Å². The second-order valence-corrected chi connectivity index (χ2v) is 8.06. The number of benzene rings is 2. The van der Waals surface area contributed by atoms with Crippen molar-refractivity contribution < 1.29 is 9.84 Å². The molecule has 2 aromatic rings. The highest BCUT2D eigenvalue weighted by Crippen LogP contribution is 2.29. The van der Waals surface area contributed by atoms with E-state index in [1.165, 1.54) is 12.8 Å². The Bertz CT molecular complexity index is 689. The molecule has 1 atom stereocenters. The standard InChI is InChI=1S/C22H28ClNO2/c1-17-11-14-24(15-12-17)16-13-22(2,25)18-3-7-20(8-4-18)26-21-9-5-19(23)6-10-21/h3-10,17,25H,11-16H2,1-2H3. The van der Waals surface area contributed by atoms with Gasteiger partial charge in [0.1, 0.15) is 11.5 Å². The number of nitrogens with zero attached hydrogens (tertiary/aromatic N) is 1. The molecule has 0 radical (unpaired) electrons. The third-order valence-corrected chi connectivity index (χ3v) is 5.57. The zero-order chi connectivity index (χ0) is 18.6. The van der Waals surface area contributed by atoms with E-state index in [4.69, 9.17) is 16.3 Å². The van der Waals surface area contributed by atoms with Crippen LogP contribution in [0.4, 0.5) is 0 Å². The molecule has 0 saturated carbocycles. The molecular weight excluding hydrogens is 346 g/mol. The first-order valence-electron chi connectivity index (χ1n) is 9.41. The fraction of sp³-hybridized carbons (Fsp3) is 0.455. The Morgan fingerprint density at radius 3 is 2.15 bits per heavy atom. The van der Waals surface area contributed by atoms with Gasteiger partial charge in [0, 0.05) is 11.6 Å². The van der Waals surface area contributed by atoms with Crippen molar-refractivity contribution >= 4 is 11.6 Å². The van der Waals surface area contributed by atoms with Gasteiger partial charge in [-0.1, -0.05) is 30.7 Å². The lowest BCUT2D eigenvalue weighted by Gasteiger charge is -2.33. The molecular formula is C22H28ClNO2. The molecule has 1 saturated heterocycles. The molecule has 1 heterocycles. The van der Waals surface area contributed by atoms with Crippen LogP contribution in [0, 0.1) is 5.92 Å². The molecule has 0 aliphatic carbocycles. The minimum absolute atomic E-state index is 0.687. The van der Waals surface area contributed by atoms with Crippen molar-refractivity contribution in [1.82, 2.24) is 4.90 Å². The molecule has 0 amide bonds. The molecule has 2 aromatic carbocycles. The van der Waals surface area contributed by atoms with Crippen LogP contribution in [0.2, 0.25) is 5.02 Å². The second kappa shape index (κ2) is 8.43. The summed E-state index contributed by atoms with van der Waals surface area (Å²) in [6, 6.07) is 15.0. The van der Waals surface area contributed by atoms with Crippen molar-refractivity contribution in [2.75, 3.05) is 19.6 Å². The fourth-order valence-electron chi connectivity index (χ4n) is 3.33. The highest BCUT2D eigenvalue weighted by atomic mass is 35.5. The van der Waals surface area contributed by atoms with Gasteiger partial charge in [0.25, 0.3) is 0 Å². The summed E-state index contributed by atoms with van der Waals surface area (Å²) in [5.74, 6) is 2.32. The summed E-state index contributed by atoms with van der Waals surface area (Å²) in [7, 11) is 0. The Hall–Kier alpha value is -1.55. The van der Waals surface area contributed by atoms with Crippen LogP contribution < -0.4 is 4.74 Å². The van der Waals surface area contributed by atoms with Gasteiger partial charge in [-0.3, -0.25) is 0 Å². The van der Waals surface area contributed by atoms with Crippen LogP contribution in [0.3, 0.4) is 0 Å². The third kappa shape index (κ3) is 5.23. The third-order valence-electron chi connectivity index (χ3n) is 5.32. The van der Waals surface area contributed by atoms with E-state index in [1.807, 2.05) is 43.3 Å². The Morgan fingerprint density at radius 2 is 1.58 bits per heavy atom. The average Bonchev–Trinajstić information content (AvgIpc) is 2.64. The minimum atomic E-state index is -0.831. The molecule has 4 heteroatoms. The van der Waals surface area contributed by atoms with Crippen molar-refractivity contribution in [3.05, 3.63) is 59.1 Å². The van der Waals surface area contributed by atoms with Crippen molar-refractivity contribution in [2.45, 2.75) is 38.7 Å². The number of halogens is 1. The average molecular weight is 374 g/mol. The summed E-state index contributed by atoms with van der Waals surface area (Å²) >= 11 is 5.89. The Balaban J connectivity index is 1.56. The quantitative estimate of drug-likeness (QED) is 0.729. The lowest BCUT2D eigenvalue weighted by Crippen LogP contribution is -2.36. The first kappa shape index (κ1) is 19.2. The first-order chi connectivity index (χ1) is 12.4. The van der Waals surface area contributed by atoms with Gasteiger partial charge in [-0.2, -0.15) is 0 Å². The highest BCUT2D eigenvalue weighted by molar-refractivity contribution is 6.30. The van der Waals surface area contributed by atoms with Gasteiger partial charge in [0.2, 0.25) is 0 Å². The largest absolute Gasteiger partial charge is 0.457 e. The summed E-state index contributed by atoms with van der Waals surface area (Å²) in [6.07, 6.45) is 3.26. The van der Waals surface area contributed by atoms with Crippen LogP contribution in [-0.2, 0) is 5.60 Å². The van der Waals surface area contributed by atoms with E-state index < -0.39 is 5.60 Å². The predicted octanol–water partition coefficient (Wildman–Crippen LogP) is 5.46. The van der Waals surface area contributed by atoms with Gasteiger partial charge in [-0.15, -0.1) is 0 Å². The fourth-order valence-corrected chi connectivity index (χ4v) is 3.45. The molecule has 0 bridgehead atoms. The van der Waals surface area contributed by atoms with Gasteiger partial charge in [-0.05, 0) is 87.2 Å². The summed E-state index contributed by atoms with van der Waals surface area (Å²) in [5.41, 5.74) is 0.0910. The maximum Gasteiger partial charge on any atom is 0.127 e. The summed E-state index contributed by atoms with van der Waals surface area (Å²) in [6.45, 7) is 7.44. The van der Waals surface area contributed by atoms with Crippen LogP contribution in [0.5, 0.6) is 11.5 Å². The molecule has 1 aliphatic heterocycles. The molecule has 3 nitrogen and oxygen atoms in total. The zero-order valence-corrected chi connectivity index (χ0v) is 16.4. The van der Waals surface area contributed by atoms with Crippen LogP contribution in [0.1, 0.15) is 38.7 Å². The molecule has 1 N–H and O–H groups in total. The van der Waals surface area contributed by atoms with E-state index in [2.05, 4.69) is 11.8 Å². The maximum absolute atomic E-state index is 10.9. The van der Waals surface area contributed by atoms with E-state index >= 15 is 0 Å². The molecule has 1 unspecified atom stereocenters. The maximum atomic E-state index is 10.9.